The van der Waals surface area contributed by atoms with Gasteiger partial charge in [-0.1, -0.05) is 28.1 Å². The third-order valence-electron chi connectivity index (χ3n) is 4.22. The quantitative estimate of drug-likeness (QED) is 0.414. The minimum atomic E-state index is -0.328. The Hall–Kier alpha value is -2.74. The molecule has 1 amide bonds. The summed E-state index contributed by atoms with van der Waals surface area (Å²) in [6.45, 7) is 3.46. The molecule has 0 aromatic heterocycles. The number of esters is 1. The molecule has 1 aliphatic rings. The maximum absolute atomic E-state index is 11.7. The Bertz CT molecular complexity index is 872. The molecule has 0 aliphatic carbocycles. The topological polar surface area (TPSA) is 74.3 Å². The van der Waals surface area contributed by atoms with E-state index in [-0.39, 0.29) is 25.3 Å². The van der Waals surface area contributed by atoms with Crippen LogP contribution >= 0.6 is 15.9 Å². The Morgan fingerprint density at radius 3 is 2.83 bits per heavy atom. The summed E-state index contributed by atoms with van der Waals surface area (Å²) < 4.78 is 22.3. The van der Waals surface area contributed by atoms with Gasteiger partial charge in [0.2, 0.25) is 6.79 Å². The number of carbonyl (C=O) groups is 2. The first kappa shape index (κ1) is 21.0. The Morgan fingerprint density at radius 1 is 1.21 bits per heavy atom. The fraction of sp³-hybridized carbons (Fsp3) is 0.333. The number of rotatable bonds is 9. The second-order valence-corrected chi connectivity index (χ2v) is 7.24. The summed E-state index contributed by atoms with van der Waals surface area (Å²) in [6, 6.07) is 12.8. The van der Waals surface area contributed by atoms with Crippen LogP contribution < -0.4 is 9.47 Å². The van der Waals surface area contributed by atoms with Crippen molar-refractivity contribution in [2.75, 3.05) is 26.6 Å². The van der Waals surface area contributed by atoms with E-state index in [1.807, 2.05) is 30.3 Å². The van der Waals surface area contributed by atoms with Crippen LogP contribution in [0.25, 0.3) is 0 Å². The van der Waals surface area contributed by atoms with Gasteiger partial charge in [-0.15, -0.1) is 0 Å². The summed E-state index contributed by atoms with van der Waals surface area (Å²) in [4.78, 5) is 25.0. The average Bonchev–Trinajstić information content (AvgIpc) is 3.08. The number of ether oxygens (including phenoxy) is 4. The maximum atomic E-state index is 11.7. The van der Waals surface area contributed by atoms with Crippen molar-refractivity contribution in [3.63, 3.8) is 0 Å². The number of nitrogens with zero attached hydrogens (tertiary/aromatic N) is 1. The maximum Gasteiger partial charge on any atom is 0.410 e. The summed E-state index contributed by atoms with van der Waals surface area (Å²) in [6.07, 6.45) is -0.139. The highest BCUT2D eigenvalue weighted by Crippen LogP contribution is 2.26. The molecule has 1 aliphatic heterocycles. The Kier molecular flexibility index (Phi) is 7.35. The van der Waals surface area contributed by atoms with Crippen LogP contribution in [0.5, 0.6) is 11.5 Å². The van der Waals surface area contributed by atoms with Crippen LogP contribution in [0.15, 0.2) is 46.9 Å². The molecular weight excluding hydrogens is 442 g/mol. The van der Waals surface area contributed by atoms with Crippen LogP contribution in [0.4, 0.5) is 4.79 Å². The highest BCUT2D eigenvalue weighted by atomic mass is 79.9. The monoisotopic (exact) mass is 463 g/mol. The van der Waals surface area contributed by atoms with Gasteiger partial charge in [-0.25, -0.2) is 4.79 Å². The summed E-state index contributed by atoms with van der Waals surface area (Å²) >= 11 is 3.45. The molecule has 8 heteroatoms. The minimum absolute atomic E-state index is 0.0120. The summed E-state index contributed by atoms with van der Waals surface area (Å²) in [5.41, 5.74) is 1.65. The SMILES string of the molecule is CCOC(=O)Cc1cccc(OCOc2ccc(Br)cc2CN2CCOC2=O)c1. The smallest absolute Gasteiger partial charge is 0.410 e. The van der Waals surface area contributed by atoms with Gasteiger partial charge in [-0.3, -0.25) is 4.79 Å². The molecule has 1 saturated heterocycles. The lowest BCUT2D eigenvalue weighted by molar-refractivity contribution is -0.142. The van der Waals surface area contributed by atoms with Crippen molar-refractivity contribution < 1.29 is 28.5 Å². The van der Waals surface area contributed by atoms with E-state index in [4.69, 9.17) is 18.9 Å². The molecule has 154 valence electrons. The molecule has 0 unspecified atom stereocenters. The number of carbonyl (C=O) groups excluding carboxylic acids is 2. The molecule has 0 radical (unpaired) electrons. The lowest BCUT2D eigenvalue weighted by Gasteiger charge is -2.17. The van der Waals surface area contributed by atoms with E-state index in [1.54, 1.807) is 24.0 Å². The highest BCUT2D eigenvalue weighted by molar-refractivity contribution is 9.10. The van der Waals surface area contributed by atoms with Crippen LogP contribution in [0, 0.1) is 0 Å². The van der Waals surface area contributed by atoms with E-state index in [0.29, 0.717) is 37.8 Å². The van der Waals surface area contributed by atoms with E-state index in [9.17, 15) is 9.59 Å². The van der Waals surface area contributed by atoms with E-state index in [0.717, 1.165) is 15.6 Å². The van der Waals surface area contributed by atoms with E-state index in [1.165, 1.54) is 0 Å². The first-order chi connectivity index (χ1) is 14.0. The zero-order valence-corrected chi connectivity index (χ0v) is 17.6. The van der Waals surface area contributed by atoms with E-state index >= 15 is 0 Å². The molecule has 0 atom stereocenters. The lowest BCUT2D eigenvalue weighted by atomic mass is 10.1. The van der Waals surface area contributed by atoms with Crippen molar-refractivity contribution in [1.82, 2.24) is 4.90 Å². The summed E-state index contributed by atoms with van der Waals surface area (Å²) in [5, 5.41) is 0. The second-order valence-electron chi connectivity index (χ2n) is 6.32. The lowest BCUT2D eigenvalue weighted by Crippen LogP contribution is -2.24. The molecule has 0 N–H and O–H groups in total. The molecule has 2 aromatic rings. The molecule has 3 rings (SSSR count). The molecule has 1 heterocycles. The first-order valence-corrected chi connectivity index (χ1v) is 10.0. The van der Waals surface area contributed by atoms with Crippen LogP contribution in [0.2, 0.25) is 0 Å². The first-order valence-electron chi connectivity index (χ1n) is 9.25. The van der Waals surface area contributed by atoms with Crippen molar-refractivity contribution in [1.29, 1.82) is 0 Å². The third kappa shape index (κ3) is 6.12. The molecule has 2 aromatic carbocycles. The highest BCUT2D eigenvalue weighted by Gasteiger charge is 2.23. The normalized spacial score (nSPS) is 13.2. The molecule has 0 spiro atoms. The van der Waals surface area contributed by atoms with Crippen molar-refractivity contribution in [2.24, 2.45) is 0 Å². The Morgan fingerprint density at radius 2 is 2.07 bits per heavy atom. The average molecular weight is 464 g/mol. The minimum Gasteiger partial charge on any atom is -0.466 e. The van der Waals surface area contributed by atoms with Gasteiger partial charge in [-0.05, 0) is 42.8 Å². The number of hydrogen-bond acceptors (Lipinski definition) is 6. The number of benzene rings is 2. The van der Waals surface area contributed by atoms with Crippen LogP contribution in [-0.4, -0.2) is 43.5 Å². The van der Waals surface area contributed by atoms with Crippen molar-refractivity contribution in [3.05, 3.63) is 58.1 Å². The van der Waals surface area contributed by atoms with Gasteiger partial charge < -0.3 is 23.8 Å². The molecule has 0 saturated carbocycles. The number of halogens is 1. The number of cyclic esters (lactones) is 1. The van der Waals surface area contributed by atoms with E-state index < -0.39 is 0 Å². The second kappa shape index (κ2) is 10.2. The van der Waals surface area contributed by atoms with Gasteiger partial charge in [0, 0.05) is 10.0 Å². The fourth-order valence-corrected chi connectivity index (χ4v) is 3.28. The van der Waals surface area contributed by atoms with Crippen LogP contribution in [0.1, 0.15) is 18.1 Å². The molecule has 0 bridgehead atoms. The van der Waals surface area contributed by atoms with Gasteiger partial charge in [-0.2, -0.15) is 0 Å². The largest absolute Gasteiger partial charge is 0.466 e. The van der Waals surface area contributed by atoms with Gasteiger partial charge in [0.1, 0.15) is 18.1 Å². The third-order valence-corrected chi connectivity index (χ3v) is 4.71. The number of hydrogen-bond donors (Lipinski definition) is 0. The van der Waals surface area contributed by atoms with E-state index in [2.05, 4.69) is 15.9 Å². The zero-order chi connectivity index (χ0) is 20.6. The Labute approximate surface area is 177 Å². The molecule has 29 heavy (non-hydrogen) atoms. The summed E-state index contributed by atoms with van der Waals surface area (Å²) in [7, 11) is 0. The van der Waals surface area contributed by atoms with Crippen LogP contribution in [-0.2, 0) is 27.2 Å². The fourth-order valence-electron chi connectivity index (χ4n) is 2.87. The zero-order valence-electron chi connectivity index (χ0n) is 16.1. The molecule has 1 fully saturated rings. The predicted molar refractivity (Wildman–Crippen MR) is 109 cm³/mol. The van der Waals surface area contributed by atoms with Gasteiger partial charge in [0.15, 0.2) is 0 Å². The van der Waals surface area contributed by atoms with Crippen molar-refractivity contribution >= 4 is 28.0 Å². The standard InChI is InChI=1S/C21H22BrNO6/c1-2-26-20(24)11-15-4-3-5-18(10-15)28-14-29-19-7-6-17(22)12-16(19)13-23-8-9-27-21(23)25/h3-7,10,12H,2,8-9,11,13-14H2,1H3. The van der Waals surface area contributed by atoms with Crippen molar-refractivity contribution in [3.8, 4) is 11.5 Å². The Balaban J connectivity index is 1.59. The van der Waals surface area contributed by atoms with Gasteiger partial charge in [0.05, 0.1) is 26.1 Å². The van der Waals surface area contributed by atoms with Crippen molar-refractivity contribution in [2.45, 2.75) is 19.9 Å². The predicted octanol–water partition coefficient (Wildman–Crippen LogP) is 3.92. The van der Waals surface area contributed by atoms with Gasteiger partial charge in [0.25, 0.3) is 0 Å². The molecule has 7 nitrogen and oxygen atoms in total. The molecular formula is C21H22BrNO6. The number of amides is 1. The van der Waals surface area contributed by atoms with Gasteiger partial charge >= 0.3 is 12.1 Å². The summed E-state index contributed by atoms with van der Waals surface area (Å²) in [5.74, 6) is 0.935. The van der Waals surface area contributed by atoms with Crippen LogP contribution in [0.3, 0.4) is 0 Å².